The zero-order valence-electron chi connectivity index (χ0n) is 10.6. The lowest BCUT2D eigenvalue weighted by atomic mass is 10.2. The van der Waals surface area contributed by atoms with Crippen LogP contribution in [0.25, 0.3) is 0 Å². The van der Waals surface area contributed by atoms with Gasteiger partial charge in [0.1, 0.15) is 6.54 Å². The van der Waals surface area contributed by atoms with Crippen LogP contribution in [0.4, 0.5) is 5.69 Å². The maximum absolute atomic E-state index is 12.1. The highest BCUT2D eigenvalue weighted by Crippen LogP contribution is 2.15. The maximum atomic E-state index is 12.1. The summed E-state index contributed by atoms with van der Waals surface area (Å²) >= 11 is 0. The highest BCUT2D eigenvalue weighted by molar-refractivity contribution is 7.92. The van der Waals surface area contributed by atoms with Gasteiger partial charge in [0.05, 0.1) is 16.8 Å². The van der Waals surface area contributed by atoms with Crippen LogP contribution in [0, 0.1) is 6.92 Å². The van der Waals surface area contributed by atoms with Crippen molar-refractivity contribution in [1.82, 2.24) is 9.78 Å². The van der Waals surface area contributed by atoms with Gasteiger partial charge in [0.2, 0.25) is 0 Å². The summed E-state index contributed by atoms with van der Waals surface area (Å²) in [5.41, 5.74) is 1.17. The van der Waals surface area contributed by atoms with Crippen LogP contribution < -0.4 is 4.72 Å². The monoisotopic (exact) mass is 295 g/mol. The molecule has 20 heavy (non-hydrogen) atoms. The molecule has 2 N–H and O–H groups in total. The molecule has 2 rings (SSSR count). The van der Waals surface area contributed by atoms with Crippen LogP contribution >= 0.6 is 0 Å². The number of aryl methyl sites for hydroxylation is 1. The third-order valence-corrected chi connectivity index (χ3v) is 3.91. The van der Waals surface area contributed by atoms with Gasteiger partial charge in [0.15, 0.2) is 0 Å². The Balaban J connectivity index is 2.18. The summed E-state index contributed by atoms with van der Waals surface area (Å²) < 4.78 is 27.6. The predicted octanol–water partition coefficient (Wildman–Crippen LogP) is 1.08. The first kappa shape index (κ1) is 14.1. The number of nitrogens with zero attached hydrogens (tertiary/aromatic N) is 2. The van der Waals surface area contributed by atoms with E-state index in [4.69, 9.17) is 5.11 Å². The van der Waals surface area contributed by atoms with Crippen molar-refractivity contribution in [2.75, 3.05) is 4.72 Å². The molecule has 7 nitrogen and oxygen atoms in total. The van der Waals surface area contributed by atoms with Crippen LogP contribution in [-0.4, -0.2) is 29.3 Å². The van der Waals surface area contributed by atoms with Gasteiger partial charge in [-0.1, -0.05) is 17.7 Å². The highest BCUT2D eigenvalue weighted by atomic mass is 32.2. The fourth-order valence-corrected chi connectivity index (χ4v) is 2.60. The van der Waals surface area contributed by atoms with Crippen molar-refractivity contribution in [2.45, 2.75) is 18.4 Å². The molecule has 8 heteroatoms. The molecule has 0 aliphatic heterocycles. The van der Waals surface area contributed by atoms with E-state index in [1.807, 2.05) is 6.92 Å². The summed E-state index contributed by atoms with van der Waals surface area (Å²) in [5, 5.41) is 12.4. The summed E-state index contributed by atoms with van der Waals surface area (Å²) in [4.78, 5) is 10.7. The zero-order chi connectivity index (χ0) is 14.8. The van der Waals surface area contributed by atoms with Crippen LogP contribution in [0.3, 0.4) is 0 Å². The number of nitrogens with one attached hydrogen (secondary N) is 1. The summed E-state index contributed by atoms with van der Waals surface area (Å²) in [7, 11) is -3.70. The minimum Gasteiger partial charge on any atom is -0.480 e. The standard InChI is InChI=1S/C12H13N3O4S/c1-9-2-4-11(5-3-9)20(18,19)14-10-6-13-15(7-10)8-12(16)17/h2-7,14H,8H2,1H3,(H,16,17). The van der Waals surface area contributed by atoms with E-state index in [1.165, 1.54) is 24.5 Å². The maximum Gasteiger partial charge on any atom is 0.325 e. The van der Waals surface area contributed by atoms with Gasteiger partial charge in [0, 0.05) is 6.20 Å². The first-order chi connectivity index (χ1) is 9.37. The molecule has 0 unspecified atom stereocenters. The van der Waals surface area contributed by atoms with Gasteiger partial charge >= 0.3 is 5.97 Å². The molecule has 0 aliphatic carbocycles. The van der Waals surface area contributed by atoms with E-state index < -0.39 is 16.0 Å². The van der Waals surface area contributed by atoms with Gasteiger partial charge in [-0.25, -0.2) is 8.42 Å². The molecule has 0 radical (unpaired) electrons. The second-order valence-electron chi connectivity index (χ2n) is 4.24. The average molecular weight is 295 g/mol. The Morgan fingerprint density at radius 2 is 2.00 bits per heavy atom. The lowest BCUT2D eigenvalue weighted by molar-refractivity contribution is -0.137. The van der Waals surface area contributed by atoms with Crippen molar-refractivity contribution in [2.24, 2.45) is 0 Å². The number of hydrogen-bond donors (Lipinski definition) is 2. The van der Waals surface area contributed by atoms with Crippen LogP contribution in [0.1, 0.15) is 5.56 Å². The Kier molecular flexibility index (Phi) is 3.75. The van der Waals surface area contributed by atoms with Gasteiger partial charge in [0.25, 0.3) is 10.0 Å². The third kappa shape index (κ3) is 3.35. The molecule has 1 aromatic heterocycles. The molecule has 0 atom stereocenters. The molecule has 1 heterocycles. The average Bonchev–Trinajstić information content (AvgIpc) is 2.75. The number of sulfonamides is 1. The minimum atomic E-state index is -3.70. The van der Waals surface area contributed by atoms with E-state index in [9.17, 15) is 13.2 Å². The lowest BCUT2D eigenvalue weighted by Crippen LogP contribution is -2.12. The summed E-state index contributed by atoms with van der Waals surface area (Å²) in [6, 6.07) is 6.39. The fourth-order valence-electron chi connectivity index (χ4n) is 1.57. The number of benzene rings is 1. The quantitative estimate of drug-likeness (QED) is 0.859. The highest BCUT2D eigenvalue weighted by Gasteiger charge is 2.15. The van der Waals surface area contributed by atoms with Crippen molar-refractivity contribution in [1.29, 1.82) is 0 Å². The van der Waals surface area contributed by atoms with E-state index in [0.29, 0.717) is 0 Å². The Bertz CT molecular complexity index is 719. The summed E-state index contributed by atoms with van der Waals surface area (Å²) in [5.74, 6) is -1.05. The van der Waals surface area contributed by atoms with Crippen LogP contribution in [0.2, 0.25) is 0 Å². The molecule has 0 aliphatic rings. The van der Waals surface area contributed by atoms with Crippen molar-refractivity contribution >= 4 is 21.7 Å². The Morgan fingerprint density at radius 3 is 2.60 bits per heavy atom. The van der Waals surface area contributed by atoms with E-state index in [1.54, 1.807) is 12.1 Å². The number of aromatic nitrogens is 2. The second kappa shape index (κ2) is 5.33. The molecule has 0 fully saturated rings. The lowest BCUT2D eigenvalue weighted by Gasteiger charge is -2.05. The number of carbonyl (C=O) groups is 1. The van der Waals surface area contributed by atoms with Gasteiger partial charge in [-0.2, -0.15) is 5.10 Å². The number of anilines is 1. The number of carboxylic acid groups (broad SMARTS) is 1. The van der Waals surface area contributed by atoms with E-state index in [2.05, 4.69) is 9.82 Å². The molecule has 0 amide bonds. The number of hydrogen-bond acceptors (Lipinski definition) is 4. The molecular formula is C12H13N3O4S. The van der Waals surface area contributed by atoms with Gasteiger partial charge in [-0.3, -0.25) is 14.2 Å². The van der Waals surface area contributed by atoms with E-state index in [0.717, 1.165) is 10.2 Å². The molecule has 1 aromatic carbocycles. The largest absolute Gasteiger partial charge is 0.480 e. The normalized spacial score (nSPS) is 11.2. The number of carboxylic acids is 1. The number of aliphatic carboxylic acids is 1. The SMILES string of the molecule is Cc1ccc(S(=O)(=O)Nc2cnn(CC(=O)O)c2)cc1. The second-order valence-corrected chi connectivity index (χ2v) is 5.92. The van der Waals surface area contributed by atoms with Crippen LogP contribution in [-0.2, 0) is 21.4 Å². The van der Waals surface area contributed by atoms with Crippen molar-refractivity contribution < 1.29 is 18.3 Å². The minimum absolute atomic E-state index is 0.133. The van der Waals surface area contributed by atoms with Gasteiger partial charge in [-0.05, 0) is 19.1 Å². The molecule has 2 aromatic rings. The van der Waals surface area contributed by atoms with Crippen molar-refractivity contribution in [3.05, 3.63) is 42.2 Å². The zero-order valence-corrected chi connectivity index (χ0v) is 11.5. The van der Waals surface area contributed by atoms with E-state index in [-0.39, 0.29) is 17.1 Å². The van der Waals surface area contributed by atoms with Crippen LogP contribution in [0.15, 0.2) is 41.6 Å². The smallest absolute Gasteiger partial charge is 0.325 e. The Labute approximate surface area is 115 Å². The van der Waals surface area contributed by atoms with Gasteiger partial charge < -0.3 is 5.11 Å². The first-order valence-corrected chi connectivity index (χ1v) is 7.19. The van der Waals surface area contributed by atoms with E-state index >= 15 is 0 Å². The molecule has 0 spiro atoms. The van der Waals surface area contributed by atoms with Crippen molar-refractivity contribution in [3.8, 4) is 0 Å². The fraction of sp³-hybridized carbons (Fsp3) is 0.167. The Hall–Kier alpha value is -2.35. The molecule has 0 bridgehead atoms. The molecular weight excluding hydrogens is 282 g/mol. The molecule has 0 saturated heterocycles. The summed E-state index contributed by atoms with van der Waals surface area (Å²) in [6.45, 7) is 1.53. The summed E-state index contributed by atoms with van der Waals surface area (Å²) in [6.07, 6.45) is 2.58. The number of rotatable bonds is 5. The third-order valence-electron chi connectivity index (χ3n) is 2.51. The first-order valence-electron chi connectivity index (χ1n) is 5.70. The predicted molar refractivity (Wildman–Crippen MR) is 71.9 cm³/mol. The Morgan fingerprint density at radius 1 is 1.35 bits per heavy atom. The van der Waals surface area contributed by atoms with Crippen LogP contribution in [0.5, 0.6) is 0 Å². The molecule has 106 valence electrons. The topological polar surface area (TPSA) is 101 Å². The van der Waals surface area contributed by atoms with Gasteiger partial charge in [-0.15, -0.1) is 0 Å². The van der Waals surface area contributed by atoms with Crippen molar-refractivity contribution in [3.63, 3.8) is 0 Å². The molecule has 0 saturated carbocycles.